The van der Waals surface area contributed by atoms with Crippen molar-refractivity contribution in [1.29, 1.82) is 0 Å². The summed E-state index contributed by atoms with van der Waals surface area (Å²) in [6.07, 6.45) is 0. The monoisotopic (exact) mass is 133 g/mol. The third-order valence-corrected chi connectivity index (χ3v) is 0.247. The fraction of sp³-hybridized carbons (Fsp3) is 0. The summed E-state index contributed by atoms with van der Waals surface area (Å²) in [6, 6.07) is -2.08. The van der Waals surface area contributed by atoms with Crippen molar-refractivity contribution in [2.75, 3.05) is 0 Å². The molecule has 0 bridgehead atoms. The first-order chi connectivity index (χ1) is 3.63. The summed E-state index contributed by atoms with van der Waals surface area (Å²) in [4.78, 5) is 19.3. The van der Waals surface area contributed by atoms with Crippen LogP contribution in [0.4, 0.5) is 9.59 Å². The summed E-state index contributed by atoms with van der Waals surface area (Å²) < 4.78 is 0. The Hall–Kier alpha value is -1.50. The zero-order valence-corrected chi connectivity index (χ0v) is 4.57. The maximum atomic E-state index is 9.66. The van der Waals surface area contributed by atoms with E-state index in [1.54, 1.807) is 0 Å². The maximum Gasteiger partial charge on any atom is 0.357 e. The van der Waals surface area contributed by atoms with Gasteiger partial charge >= 0.3 is 12.1 Å². The molecule has 0 radical (unpaired) electrons. The Kier molecular flexibility index (Phi) is 5.42. The SMILES string of the molecule is N.NC(=O)N=NC(N)=O. The highest BCUT2D eigenvalue weighted by Crippen LogP contribution is 1.72. The van der Waals surface area contributed by atoms with Gasteiger partial charge in [-0.25, -0.2) is 9.59 Å². The number of amides is 4. The number of nitrogens with two attached hydrogens (primary N) is 2. The molecule has 0 atom stereocenters. The van der Waals surface area contributed by atoms with E-state index in [9.17, 15) is 9.59 Å². The van der Waals surface area contributed by atoms with Crippen molar-refractivity contribution in [3.63, 3.8) is 0 Å². The molecule has 0 saturated heterocycles. The van der Waals surface area contributed by atoms with Crippen LogP contribution in [0.3, 0.4) is 0 Å². The van der Waals surface area contributed by atoms with Crippen LogP contribution in [0.15, 0.2) is 10.2 Å². The van der Waals surface area contributed by atoms with Gasteiger partial charge in [0.25, 0.3) is 0 Å². The molecular formula is C2H7N5O2. The Bertz CT molecular complexity index is 124. The smallest absolute Gasteiger partial charge is 0.348 e. The molecule has 7 heteroatoms. The zero-order valence-electron chi connectivity index (χ0n) is 4.57. The molecule has 0 aliphatic rings. The van der Waals surface area contributed by atoms with Crippen LogP contribution in [-0.2, 0) is 0 Å². The van der Waals surface area contributed by atoms with Gasteiger partial charge in [-0.3, -0.25) is 0 Å². The average Bonchev–Trinajstić information content (AvgIpc) is 1.61. The van der Waals surface area contributed by atoms with Crippen molar-refractivity contribution in [1.82, 2.24) is 6.15 Å². The standard InChI is InChI=1S/C2H4N4O2.H3N/c3-1(7)5-6-2(4)8;/h(H2,3,7)(H2,4,8);1H3. The van der Waals surface area contributed by atoms with E-state index in [-0.39, 0.29) is 6.15 Å². The number of hydrogen-bond donors (Lipinski definition) is 3. The lowest BCUT2D eigenvalue weighted by Gasteiger charge is -1.74. The van der Waals surface area contributed by atoms with Crippen LogP contribution in [0.5, 0.6) is 0 Å². The maximum absolute atomic E-state index is 9.66. The fourth-order valence-electron chi connectivity index (χ4n) is 0.0986. The molecule has 0 aromatic rings. The van der Waals surface area contributed by atoms with E-state index in [1.807, 2.05) is 0 Å². The second kappa shape index (κ2) is 4.65. The second-order valence-corrected chi connectivity index (χ2v) is 0.876. The molecule has 0 saturated carbocycles. The van der Waals surface area contributed by atoms with Gasteiger partial charge in [0.15, 0.2) is 0 Å². The first kappa shape index (κ1) is 10.5. The number of carbonyl (C=O) groups excluding carboxylic acids is 2. The fourth-order valence-corrected chi connectivity index (χ4v) is 0.0986. The molecule has 0 aliphatic heterocycles. The van der Waals surface area contributed by atoms with Gasteiger partial charge in [-0.05, 0) is 0 Å². The lowest BCUT2D eigenvalue weighted by atomic mass is 11.1. The number of azo groups is 1. The van der Waals surface area contributed by atoms with Crippen LogP contribution in [0.25, 0.3) is 0 Å². The first-order valence-electron chi connectivity index (χ1n) is 1.63. The molecule has 7 N–H and O–H groups in total. The van der Waals surface area contributed by atoms with Crippen LogP contribution in [0.2, 0.25) is 0 Å². The molecule has 7 nitrogen and oxygen atoms in total. The number of nitrogens with zero attached hydrogens (tertiary/aromatic N) is 2. The number of urea groups is 2. The molecule has 0 aliphatic carbocycles. The van der Waals surface area contributed by atoms with Crippen molar-refractivity contribution in [2.45, 2.75) is 0 Å². The van der Waals surface area contributed by atoms with Gasteiger partial charge in [-0.1, -0.05) is 10.2 Å². The minimum atomic E-state index is -1.04. The second-order valence-electron chi connectivity index (χ2n) is 0.876. The Labute approximate surface area is 50.7 Å². The highest BCUT2D eigenvalue weighted by atomic mass is 16.2. The van der Waals surface area contributed by atoms with Gasteiger partial charge in [0, 0.05) is 0 Å². The van der Waals surface area contributed by atoms with Crippen LogP contribution in [0, 0.1) is 0 Å². The lowest BCUT2D eigenvalue weighted by Crippen LogP contribution is -2.07. The highest BCUT2D eigenvalue weighted by Gasteiger charge is 1.86. The van der Waals surface area contributed by atoms with Gasteiger partial charge in [0.1, 0.15) is 0 Å². The quantitative estimate of drug-likeness (QED) is 0.391. The van der Waals surface area contributed by atoms with Crippen molar-refractivity contribution in [2.24, 2.45) is 21.7 Å². The molecule has 0 aromatic carbocycles. The Morgan fingerprint density at radius 3 is 1.33 bits per heavy atom. The zero-order chi connectivity index (χ0) is 6.57. The third kappa shape index (κ3) is 10.7. The Morgan fingerprint density at radius 1 is 1.00 bits per heavy atom. The molecule has 0 spiro atoms. The summed E-state index contributed by atoms with van der Waals surface area (Å²) in [7, 11) is 0. The van der Waals surface area contributed by atoms with E-state index in [0.29, 0.717) is 0 Å². The molecule has 0 rings (SSSR count). The van der Waals surface area contributed by atoms with Crippen LogP contribution < -0.4 is 17.6 Å². The summed E-state index contributed by atoms with van der Waals surface area (Å²) in [6.45, 7) is 0. The van der Waals surface area contributed by atoms with E-state index < -0.39 is 12.1 Å². The Balaban J connectivity index is 0. The summed E-state index contributed by atoms with van der Waals surface area (Å²) in [5, 5.41) is 5.23. The predicted molar refractivity (Wildman–Crippen MR) is 29.0 cm³/mol. The number of hydrogen-bond acceptors (Lipinski definition) is 3. The van der Waals surface area contributed by atoms with E-state index in [2.05, 4.69) is 21.7 Å². The highest BCUT2D eigenvalue weighted by molar-refractivity contribution is 5.77. The minimum Gasteiger partial charge on any atom is -0.348 e. The number of rotatable bonds is 0. The molecule has 52 valence electrons. The third-order valence-electron chi connectivity index (χ3n) is 0.247. The summed E-state index contributed by atoms with van der Waals surface area (Å²) >= 11 is 0. The first-order valence-corrected chi connectivity index (χ1v) is 1.63. The normalized spacial score (nSPS) is 8.44. The van der Waals surface area contributed by atoms with Gasteiger partial charge in [0.05, 0.1) is 0 Å². The molecule has 9 heavy (non-hydrogen) atoms. The van der Waals surface area contributed by atoms with Crippen molar-refractivity contribution in [3.8, 4) is 0 Å². The molecule has 0 aromatic heterocycles. The van der Waals surface area contributed by atoms with Gasteiger partial charge < -0.3 is 17.6 Å². The molecule has 0 fully saturated rings. The van der Waals surface area contributed by atoms with E-state index >= 15 is 0 Å². The van der Waals surface area contributed by atoms with Gasteiger partial charge in [-0.2, -0.15) is 0 Å². The van der Waals surface area contributed by atoms with Crippen LogP contribution in [-0.4, -0.2) is 12.1 Å². The van der Waals surface area contributed by atoms with Crippen molar-refractivity contribution < 1.29 is 9.59 Å². The van der Waals surface area contributed by atoms with Crippen molar-refractivity contribution >= 4 is 12.1 Å². The predicted octanol–water partition coefficient (Wildman–Crippen LogP) is -0.242. The molecule has 4 amide bonds. The molecule has 0 heterocycles. The minimum absolute atomic E-state index is 0. The van der Waals surface area contributed by atoms with E-state index in [4.69, 9.17) is 0 Å². The largest absolute Gasteiger partial charge is 0.357 e. The van der Waals surface area contributed by atoms with Gasteiger partial charge in [0.2, 0.25) is 0 Å². The van der Waals surface area contributed by atoms with Crippen LogP contribution in [0.1, 0.15) is 0 Å². The van der Waals surface area contributed by atoms with Crippen molar-refractivity contribution in [3.05, 3.63) is 0 Å². The summed E-state index contributed by atoms with van der Waals surface area (Å²) in [5.74, 6) is 0. The van der Waals surface area contributed by atoms with Gasteiger partial charge in [-0.15, -0.1) is 0 Å². The molecular weight excluding hydrogens is 126 g/mol. The lowest BCUT2D eigenvalue weighted by molar-refractivity contribution is 0.249. The number of primary amides is 2. The topological polar surface area (TPSA) is 146 Å². The summed E-state index contributed by atoms with van der Waals surface area (Å²) in [5.41, 5.74) is 8.87. The van der Waals surface area contributed by atoms with E-state index in [1.165, 1.54) is 0 Å². The average molecular weight is 133 g/mol. The van der Waals surface area contributed by atoms with E-state index in [0.717, 1.165) is 0 Å². The Morgan fingerprint density at radius 2 is 1.22 bits per heavy atom. The number of carbonyl (C=O) groups is 2. The van der Waals surface area contributed by atoms with Crippen LogP contribution >= 0.6 is 0 Å². The molecule has 0 unspecified atom stereocenters.